The quantitative estimate of drug-likeness (QED) is 0.703. The van der Waals surface area contributed by atoms with E-state index in [2.05, 4.69) is 42.0 Å². The number of fused-ring (bicyclic) bond motifs is 1. The van der Waals surface area contributed by atoms with E-state index < -0.39 is 0 Å². The number of rotatable bonds is 3. The number of hydrogen-bond acceptors (Lipinski definition) is 2. The molecule has 102 valence electrons. The lowest BCUT2D eigenvalue weighted by Crippen LogP contribution is -1.95. The normalized spacial score (nSPS) is 11.3. The van der Waals surface area contributed by atoms with E-state index in [-0.39, 0.29) is 0 Å². The van der Waals surface area contributed by atoms with E-state index in [1.165, 1.54) is 11.1 Å². The second kappa shape index (κ2) is 5.00. The highest BCUT2D eigenvalue weighted by atomic mass is 14.9. The van der Waals surface area contributed by atoms with Crippen molar-refractivity contribution in [2.75, 3.05) is 5.73 Å². The van der Waals surface area contributed by atoms with Crippen molar-refractivity contribution in [3.63, 3.8) is 0 Å². The summed E-state index contributed by atoms with van der Waals surface area (Å²) in [5, 5.41) is 0. The Bertz CT molecular complexity index is 724. The molecule has 0 spiro atoms. The SMILES string of the molecule is CC(C)Cc1nc2ccc(-c3ccc(N)cc3)cc2[nH]1. The highest BCUT2D eigenvalue weighted by Gasteiger charge is 2.06. The average molecular weight is 265 g/mol. The Balaban J connectivity index is 1.99. The summed E-state index contributed by atoms with van der Waals surface area (Å²) in [5.74, 6) is 1.66. The molecule has 20 heavy (non-hydrogen) atoms. The van der Waals surface area contributed by atoms with E-state index in [4.69, 9.17) is 5.73 Å². The molecule has 0 fully saturated rings. The number of aromatic nitrogens is 2. The zero-order chi connectivity index (χ0) is 14.1. The predicted molar refractivity (Wildman–Crippen MR) is 84.5 cm³/mol. The fourth-order valence-corrected chi connectivity index (χ4v) is 2.40. The van der Waals surface area contributed by atoms with E-state index in [1.807, 2.05) is 24.3 Å². The van der Waals surface area contributed by atoms with Crippen LogP contribution >= 0.6 is 0 Å². The molecule has 0 saturated heterocycles. The molecular formula is C17H19N3. The Hall–Kier alpha value is -2.29. The number of nitrogen functional groups attached to an aromatic ring is 1. The monoisotopic (exact) mass is 265 g/mol. The number of hydrogen-bond donors (Lipinski definition) is 2. The molecule has 3 heteroatoms. The smallest absolute Gasteiger partial charge is 0.107 e. The molecule has 0 saturated carbocycles. The lowest BCUT2D eigenvalue weighted by atomic mass is 10.0. The molecule has 0 aliphatic carbocycles. The van der Waals surface area contributed by atoms with Crippen LogP contribution in [0.15, 0.2) is 42.5 Å². The Kier molecular flexibility index (Phi) is 3.18. The molecule has 0 unspecified atom stereocenters. The maximum absolute atomic E-state index is 5.73. The second-order valence-electron chi connectivity index (χ2n) is 5.64. The predicted octanol–water partition coefficient (Wildman–Crippen LogP) is 4.01. The summed E-state index contributed by atoms with van der Waals surface area (Å²) >= 11 is 0. The van der Waals surface area contributed by atoms with Crippen LogP contribution in [-0.4, -0.2) is 9.97 Å². The molecule has 0 radical (unpaired) electrons. The molecule has 3 aromatic rings. The lowest BCUT2D eigenvalue weighted by Gasteiger charge is -2.02. The van der Waals surface area contributed by atoms with E-state index >= 15 is 0 Å². The molecule has 0 aliphatic rings. The van der Waals surface area contributed by atoms with Crippen LogP contribution in [0.1, 0.15) is 19.7 Å². The minimum Gasteiger partial charge on any atom is -0.399 e. The Morgan fingerprint density at radius 2 is 1.75 bits per heavy atom. The van der Waals surface area contributed by atoms with Gasteiger partial charge < -0.3 is 10.7 Å². The molecule has 2 aromatic carbocycles. The van der Waals surface area contributed by atoms with Crippen molar-refractivity contribution in [1.29, 1.82) is 0 Å². The molecule has 0 bridgehead atoms. The minimum atomic E-state index is 0.604. The van der Waals surface area contributed by atoms with Gasteiger partial charge in [0.1, 0.15) is 5.82 Å². The van der Waals surface area contributed by atoms with Crippen LogP contribution in [0.2, 0.25) is 0 Å². The molecule has 3 N–H and O–H groups in total. The summed E-state index contributed by atoms with van der Waals surface area (Å²) in [6.45, 7) is 4.40. The third-order valence-corrected chi connectivity index (χ3v) is 3.38. The lowest BCUT2D eigenvalue weighted by molar-refractivity contribution is 0.627. The van der Waals surface area contributed by atoms with Gasteiger partial charge in [-0.05, 0) is 41.3 Å². The van der Waals surface area contributed by atoms with Gasteiger partial charge in [-0.1, -0.05) is 32.0 Å². The van der Waals surface area contributed by atoms with Gasteiger partial charge in [0.2, 0.25) is 0 Å². The van der Waals surface area contributed by atoms with Crippen molar-refractivity contribution < 1.29 is 0 Å². The van der Waals surface area contributed by atoms with Crippen LogP contribution in [0.3, 0.4) is 0 Å². The van der Waals surface area contributed by atoms with Gasteiger partial charge in [0.25, 0.3) is 0 Å². The first-order chi connectivity index (χ1) is 9.61. The first-order valence-electron chi connectivity index (χ1n) is 6.96. The van der Waals surface area contributed by atoms with Gasteiger partial charge in [-0.15, -0.1) is 0 Å². The molecule has 1 aromatic heterocycles. The fourth-order valence-electron chi connectivity index (χ4n) is 2.40. The van der Waals surface area contributed by atoms with Gasteiger partial charge in [-0.2, -0.15) is 0 Å². The average Bonchev–Trinajstić information content (AvgIpc) is 2.79. The summed E-state index contributed by atoms with van der Waals surface area (Å²) in [5.41, 5.74) is 11.0. The number of nitrogens with two attached hydrogens (primary N) is 1. The topological polar surface area (TPSA) is 54.7 Å². The second-order valence-corrected chi connectivity index (χ2v) is 5.64. The van der Waals surface area contributed by atoms with Crippen molar-refractivity contribution in [3.8, 4) is 11.1 Å². The Morgan fingerprint density at radius 3 is 2.45 bits per heavy atom. The van der Waals surface area contributed by atoms with Crippen molar-refractivity contribution in [2.45, 2.75) is 20.3 Å². The van der Waals surface area contributed by atoms with Crippen LogP contribution in [0.5, 0.6) is 0 Å². The molecule has 0 aliphatic heterocycles. The van der Waals surface area contributed by atoms with Crippen molar-refractivity contribution >= 4 is 16.7 Å². The molecule has 0 amide bonds. The first kappa shape index (κ1) is 12.7. The van der Waals surface area contributed by atoms with Gasteiger partial charge in [-0.25, -0.2) is 4.98 Å². The number of benzene rings is 2. The summed E-state index contributed by atoms with van der Waals surface area (Å²) in [6.07, 6.45) is 0.978. The molecular weight excluding hydrogens is 246 g/mol. The number of H-pyrrole nitrogens is 1. The van der Waals surface area contributed by atoms with Gasteiger partial charge in [0, 0.05) is 12.1 Å². The third-order valence-electron chi connectivity index (χ3n) is 3.38. The number of nitrogens with one attached hydrogen (secondary N) is 1. The van der Waals surface area contributed by atoms with E-state index in [0.29, 0.717) is 5.92 Å². The Morgan fingerprint density at radius 1 is 1.05 bits per heavy atom. The van der Waals surface area contributed by atoms with Crippen LogP contribution in [0.4, 0.5) is 5.69 Å². The minimum absolute atomic E-state index is 0.604. The van der Waals surface area contributed by atoms with Crippen LogP contribution in [0, 0.1) is 5.92 Å². The van der Waals surface area contributed by atoms with Crippen molar-refractivity contribution in [3.05, 3.63) is 48.3 Å². The maximum Gasteiger partial charge on any atom is 0.107 e. The largest absolute Gasteiger partial charge is 0.399 e. The number of imidazole rings is 1. The summed E-state index contributed by atoms with van der Waals surface area (Å²) in [7, 11) is 0. The number of nitrogens with zero attached hydrogens (tertiary/aromatic N) is 1. The van der Waals surface area contributed by atoms with E-state index in [0.717, 1.165) is 29.0 Å². The summed E-state index contributed by atoms with van der Waals surface area (Å²) in [6, 6.07) is 14.3. The molecule has 3 nitrogen and oxygen atoms in total. The van der Waals surface area contributed by atoms with E-state index in [9.17, 15) is 0 Å². The van der Waals surface area contributed by atoms with E-state index in [1.54, 1.807) is 0 Å². The fraction of sp³-hybridized carbons (Fsp3) is 0.235. The Labute approximate surface area is 118 Å². The number of anilines is 1. The molecule has 1 heterocycles. The number of aromatic amines is 1. The maximum atomic E-state index is 5.73. The van der Waals surface area contributed by atoms with Crippen LogP contribution in [-0.2, 0) is 6.42 Å². The van der Waals surface area contributed by atoms with Gasteiger partial charge in [-0.3, -0.25) is 0 Å². The van der Waals surface area contributed by atoms with Crippen molar-refractivity contribution in [2.24, 2.45) is 5.92 Å². The zero-order valence-corrected chi connectivity index (χ0v) is 11.9. The highest BCUT2D eigenvalue weighted by molar-refractivity contribution is 5.82. The third kappa shape index (κ3) is 2.52. The standard InChI is InChI=1S/C17H19N3/c1-11(2)9-17-19-15-8-5-13(10-16(15)20-17)12-3-6-14(18)7-4-12/h3-8,10-11H,9,18H2,1-2H3,(H,19,20). The first-order valence-corrected chi connectivity index (χ1v) is 6.96. The van der Waals surface area contributed by atoms with Gasteiger partial charge in [0.15, 0.2) is 0 Å². The zero-order valence-electron chi connectivity index (χ0n) is 11.9. The van der Waals surface area contributed by atoms with Crippen LogP contribution in [0.25, 0.3) is 22.2 Å². The van der Waals surface area contributed by atoms with Gasteiger partial charge in [0.05, 0.1) is 11.0 Å². The van der Waals surface area contributed by atoms with Crippen molar-refractivity contribution in [1.82, 2.24) is 9.97 Å². The summed E-state index contributed by atoms with van der Waals surface area (Å²) < 4.78 is 0. The summed E-state index contributed by atoms with van der Waals surface area (Å²) in [4.78, 5) is 8.04. The van der Waals surface area contributed by atoms with Crippen LogP contribution < -0.4 is 5.73 Å². The highest BCUT2D eigenvalue weighted by Crippen LogP contribution is 2.24. The van der Waals surface area contributed by atoms with Gasteiger partial charge >= 0.3 is 0 Å². The molecule has 3 rings (SSSR count). The molecule has 0 atom stereocenters.